The van der Waals surface area contributed by atoms with Crippen molar-refractivity contribution < 1.29 is 17.9 Å². The van der Waals surface area contributed by atoms with Gasteiger partial charge in [0, 0.05) is 10.7 Å². The number of benzene rings is 3. The highest BCUT2D eigenvalue weighted by molar-refractivity contribution is 7.92. The van der Waals surface area contributed by atoms with Gasteiger partial charge in [0.1, 0.15) is 12.3 Å². The Morgan fingerprint density at radius 2 is 1.70 bits per heavy atom. The molecular weight excluding hydrogens is 424 g/mol. The van der Waals surface area contributed by atoms with Crippen molar-refractivity contribution in [2.24, 2.45) is 0 Å². The zero-order valence-corrected chi connectivity index (χ0v) is 18.1. The van der Waals surface area contributed by atoms with Crippen LogP contribution in [0, 0.1) is 6.92 Å². The van der Waals surface area contributed by atoms with Crippen LogP contribution >= 0.6 is 11.6 Å². The first-order valence-electron chi connectivity index (χ1n) is 9.09. The summed E-state index contributed by atoms with van der Waals surface area (Å²) >= 11 is 5.96. The van der Waals surface area contributed by atoms with Crippen molar-refractivity contribution in [2.45, 2.75) is 11.8 Å². The molecule has 0 atom stereocenters. The first-order chi connectivity index (χ1) is 14.3. The highest BCUT2D eigenvalue weighted by Crippen LogP contribution is 2.32. The van der Waals surface area contributed by atoms with E-state index in [-0.39, 0.29) is 10.6 Å². The number of nitrogens with one attached hydrogen (secondary N) is 1. The zero-order valence-electron chi connectivity index (χ0n) is 16.5. The van der Waals surface area contributed by atoms with Crippen LogP contribution in [0.2, 0.25) is 5.02 Å². The standard InChI is InChI=1S/C22H21ClN2O4S/c1-16-14-17(23)12-13-19(16)24-22(26)15-25(20-10-6-7-11-21(20)29-2)30(27,28)18-8-4-3-5-9-18/h3-14H,15H2,1-2H3,(H,24,26). The molecule has 0 aliphatic heterocycles. The first kappa shape index (κ1) is 21.7. The minimum atomic E-state index is -4.02. The van der Waals surface area contributed by atoms with Crippen LogP contribution in [-0.4, -0.2) is 28.0 Å². The molecule has 0 aromatic heterocycles. The van der Waals surface area contributed by atoms with Crippen molar-refractivity contribution in [1.29, 1.82) is 0 Å². The van der Waals surface area contributed by atoms with E-state index in [9.17, 15) is 13.2 Å². The van der Waals surface area contributed by atoms with E-state index in [1.54, 1.807) is 67.6 Å². The molecule has 0 unspecified atom stereocenters. The number of hydrogen-bond acceptors (Lipinski definition) is 4. The summed E-state index contributed by atoms with van der Waals surface area (Å²) in [6.07, 6.45) is 0. The van der Waals surface area contributed by atoms with Gasteiger partial charge in [-0.1, -0.05) is 41.9 Å². The highest BCUT2D eigenvalue weighted by Gasteiger charge is 2.29. The number of aryl methyl sites for hydroxylation is 1. The second-order valence-electron chi connectivity index (χ2n) is 6.50. The molecule has 6 nitrogen and oxygen atoms in total. The van der Waals surface area contributed by atoms with E-state index in [1.807, 2.05) is 0 Å². The van der Waals surface area contributed by atoms with E-state index >= 15 is 0 Å². The van der Waals surface area contributed by atoms with Crippen LogP contribution < -0.4 is 14.4 Å². The fraction of sp³-hybridized carbons (Fsp3) is 0.136. The van der Waals surface area contributed by atoms with Gasteiger partial charge in [-0.3, -0.25) is 9.10 Å². The third-order valence-corrected chi connectivity index (χ3v) is 6.44. The number of hydrogen-bond donors (Lipinski definition) is 1. The minimum Gasteiger partial charge on any atom is -0.495 e. The molecule has 0 heterocycles. The summed E-state index contributed by atoms with van der Waals surface area (Å²) in [6.45, 7) is 1.37. The molecule has 0 spiro atoms. The van der Waals surface area contributed by atoms with Crippen molar-refractivity contribution in [2.75, 3.05) is 23.3 Å². The largest absolute Gasteiger partial charge is 0.495 e. The fourth-order valence-corrected chi connectivity index (χ4v) is 4.62. The van der Waals surface area contributed by atoms with Crippen molar-refractivity contribution >= 4 is 38.9 Å². The summed E-state index contributed by atoms with van der Waals surface area (Å²) in [5.41, 5.74) is 1.60. The van der Waals surface area contributed by atoms with Gasteiger partial charge in [0.25, 0.3) is 10.0 Å². The van der Waals surface area contributed by atoms with Gasteiger partial charge in [0.05, 0.1) is 17.7 Å². The van der Waals surface area contributed by atoms with Gasteiger partial charge in [-0.15, -0.1) is 0 Å². The Morgan fingerprint density at radius 3 is 2.37 bits per heavy atom. The zero-order chi connectivity index (χ0) is 21.7. The van der Waals surface area contributed by atoms with Crippen molar-refractivity contribution in [3.05, 3.63) is 83.4 Å². The van der Waals surface area contributed by atoms with E-state index in [1.165, 1.54) is 19.2 Å². The number of amides is 1. The van der Waals surface area contributed by atoms with E-state index < -0.39 is 22.5 Å². The lowest BCUT2D eigenvalue weighted by Gasteiger charge is -2.25. The number of carbonyl (C=O) groups excluding carboxylic acids is 1. The van der Waals surface area contributed by atoms with Crippen molar-refractivity contribution in [3.63, 3.8) is 0 Å². The molecular formula is C22H21ClN2O4S. The Morgan fingerprint density at radius 1 is 1.03 bits per heavy atom. The monoisotopic (exact) mass is 444 g/mol. The maximum absolute atomic E-state index is 13.4. The summed E-state index contributed by atoms with van der Waals surface area (Å²) in [6, 6.07) is 19.7. The predicted octanol–water partition coefficient (Wildman–Crippen LogP) is 4.49. The maximum Gasteiger partial charge on any atom is 0.264 e. The second-order valence-corrected chi connectivity index (χ2v) is 8.80. The van der Waals surface area contributed by atoms with Gasteiger partial charge >= 0.3 is 0 Å². The molecule has 0 aliphatic carbocycles. The average Bonchev–Trinajstić information content (AvgIpc) is 2.74. The molecule has 0 saturated heterocycles. The molecule has 3 aromatic rings. The third-order valence-electron chi connectivity index (χ3n) is 4.43. The van der Waals surface area contributed by atoms with Crippen LogP contribution in [-0.2, 0) is 14.8 Å². The number of ether oxygens (including phenoxy) is 1. The molecule has 156 valence electrons. The minimum absolute atomic E-state index is 0.0754. The Labute approximate surface area is 181 Å². The number of para-hydroxylation sites is 2. The molecule has 0 aliphatic rings. The Kier molecular flexibility index (Phi) is 6.64. The van der Waals surface area contributed by atoms with Crippen LogP contribution in [0.5, 0.6) is 5.75 Å². The summed E-state index contributed by atoms with van der Waals surface area (Å²) < 4.78 is 33.1. The average molecular weight is 445 g/mol. The van der Waals surface area contributed by atoms with E-state index in [0.717, 1.165) is 9.87 Å². The van der Waals surface area contributed by atoms with Crippen LogP contribution in [0.1, 0.15) is 5.56 Å². The molecule has 0 bridgehead atoms. The van der Waals surface area contributed by atoms with Crippen molar-refractivity contribution in [1.82, 2.24) is 0 Å². The van der Waals surface area contributed by atoms with Crippen molar-refractivity contribution in [3.8, 4) is 5.75 Å². The maximum atomic E-state index is 13.4. The Hall–Kier alpha value is -3.03. The summed E-state index contributed by atoms with van der Waals surface area (Å²) in [4.78, 5) is 12.9. The lowest BCUT2D eigenvalue weighted by molar-refractivity contribution is -0.114. The Balaban J connectivity index is 1.98. The van der Waals surface area contributed by atoms with Gasteiger partial charge in [-0.2, -0.15) is 0 Å². The van der Waals surface area contributed by atoms with Gasteiger partial charge in [-0.05, 0) is 55.0 Å². The number of rotatable bonds is 7. The predicted molar refractivity (Wildman–Crippen MR) is 119 cm³/mol. The topological polar surface area (TPSA) is 75.7 Å². The molecule has 30 heavy (non-hydrogen) atoms. The fourth-order valence-electron chi connectivity index (χ4n) is 2.94. The first-order valence-corrected chi connectivity index (χ1v) is 10.9. The number of sulfonamides is 1. The number of carbonyl (C=O) groups is 1. The number of halogens is 1. The van der Waals surface area contributed by atoms with Crippen LogP contribution in [0.4, 0.5) is 11.4 Å². The number of nitrogens with zero attached hydrogens (tertiary/aromatic N) is 1. The van der Waals surface area contributed by atoms with Crippen LogP contribution in [0.15, 0.2) is 77.7 Å². The third kappa shape index (κ3) is 4.75. The summed E-state index contributed by atoms with van der Waals surface area (Å²) in [7, 11) is -2.57. The molecule has 1 N–H and O–H groups in total. The van der Waals surface area contributed by atoms with Crippen LogP contribution in [0.3, 0.4) is 0 Å². The lowest BCUT2D eigenvalue weighted by atomic mass is 10.2. The number of methoxy groups -OCH3 is 1. The molecule has 3 rings (SSSR count). The Bertz CT molecular complexity index is 1150. The summed E-state index contributed by atoms with van der Waals surface area (Å²) in [5, 5.41) is 3.30. The van der Waals surface area contributed by atoms with E-state index in [2.05, 4.69) is 5.32 Å². The summed E-state index contributed by atoms with van der Waals surface area (Å²) in [5.74, 6) is -0.154. The molecule has 8 heteroatoms. The normalized spacial score (nSPS) is 11.0. The molecule has 0 saturated carbocycles. The lowest BCUT2D eigenvalue weighted by Crippen LogP contribution is -2.38. The SMILES string of the molecule is COc1ccccc1N(CC(=O)Nc1ccc(Cl)cc1C)S(=O)(=O)c1ccccc1. The van der Waals surface area contributed by atoms with E-state index in [4.69, 9.17) is 16.3 Å². The molecule has 3 aromatic carbocycles. The van der Waals surface area contributed by atoms with E-state index in [0.29, 0.717) is 16.5 Å². The molecule has 0 radical (unpaired) electrons. The van der Waals surface area contributed by atoms with Crippen LogP contribution in [0.25, 0.3) is 0 Å². The number of anilines is 2. The highest BCUT2D eigenvalue weighted by atomic mass is 35.5. The molecule has 0 fully saturated rings. The van der Waals surface area contributed by atoms with Gasteiger partial charge < -0.3 is 10.1 Å². The van der Waals surface area contributed by atoms with Gasteiger partial charge in [-0.25, -0.2) is 8.42 Å². The second kappa shape index (κ2) is 9.19. The smallest absolute Gasteiger partial charge is 0.264 e. The van der Waals surface area contributed by atoms with Gasteiger partial charge in [0.15, 0.2) is 0 Å². The quantitative estimate of drug-likeness (QED) is 0.582. The van der Waals surface area contributed by atoms with Gasteiger partial charge in [0.2, 0.25) is 5.91 Å². The molecule has 1 amide bonds.